The van der Waals surface area contributed by atoms with E-state index < -0.39 is 10.1 Å². The number of hydrogen-bond acceptors (Lipinski definition) is 7. The number of benzene rings is 2. The Bertz CT molecular complexity index is 839. The lowest BCUT2D eigenvalue weighted by Gasteiger charge is -2.12. The highest BCUT2D eigenvalue weighted by Crippen LogP contribution is 2.34. The van der Waals surface area contributed by atoms with Crippen LogP contribution in [0, 0.1) is 0 Å². The molecule has 0 bridgehead atoms. The van der Waals surface area contributed by atoms with Gasteiger partial charge in [-0.1, -0.05) is 0 Å². The summed E-state index contributed by atoms with van der Waals surface area (Å²) in [6, 6.07) is 8.91. The molecule has 0 saturated heterocycles. The predicted molar refractivity (Wildman–Crippen MR) is 89.4 cm³/mol. The van der Waals surface area contributed by atoms with Crippen molar-refractivity contribution in [2.24, 2.45) is 0 Å². The molecule has 25 heavy (non-hydrogen) atoms. The van der Waals surface area contributed by atoms with Gasteiger partial charge in [-0.25, -0.2) is 0 Å². The summed E-state index contributed by atoms with van der Waals surface area (Å²) in [6.45, 7) is 0.990. The van der Waals surface area contributed by atoms with Crippen molar-refractivity contribution >= 4 is 10.1 Å². The second kappa shape index (κ2) is 7.10. The Kier molecular flexibility index (Phi) is 4.89. The van der Waals surface area contributed by atoms with E-state index in [9.17, 15) is 8.42 Å². The summed E-state index contributed by atoms with van der Waals surface area (Å²) in [7, 11) is -1.12. The van der Waals surface area contributed by atoms with Crippen LogP contribution in [-0.4, -0.2) is 35.9 Å². The van der Waals surface area contributed by atoms with E-state index in [1.54, 1.807) is 12.1 Å². The van der Waals surface area contributed by atoms with Gasteiger partial charge in [0.15, 0.2) is 11.5 Å². The van der Waals surface area contributed by atoms with Crippen LogP contribution in [0.2, 0.25) is 0 Å². The highest BCUT2D eigenvalue weighted by molar-refractivity contribution is 7.87. The molecule has 7 nitrogen and oxygen atoms in total. The van der Waals surface area contributed by atoms with E-state index in [2.05, 4.69) is 0 Å². The van der Waals surface area contributed by atoms with Gasteiger partial charge in [0.2, 0.25) is 0 Å². The third kappa shape index (κ3) is 3.90. The van der Waals surface area contributed by atoms with Crippen molar-refractivity contribution in [3.63, 3.8) is 0 Å². The molecule has 0 aromatic heterocycles. The van der Waals surface area contributed by atoms with Gasteiger partial charge in [-0.2, -0.15) is 8.42 Å². The van der Waals surface area contributed by atoms with Crippen LogP contribution in [0.5, 0.6) is 28.7 Å². The lowest BCUT2D eigenvalue weighted by molar-refractivity contribution is 0.296. The normalized spacial score (nSPS) is 13.7. The average Bonchev–Trinajstić information content (AvgIpc) is 2.85. The molecule has 1 aliphatic heterocycles. The van der Waals surface area contributed by atoms with E-state index in [4.69, 9.17) is 23.1 Å². The Morgan fingerprint density at radius 1 is 0.840 bits per heavy atom. The maximum atomic E-state index is 12.6. The van der Waals surface area contributed by atoms with Crippen LogP contribution in [0.25, 0.3) is 0 Å². The van der Waals surface area contributed by atoms with Gasteiger partial charge in [0.1, 0.15) is 22.1 Å². The van der Waals surface area contributed by atoms with E-state index in [1.807, 2.05) is 0 Å². The monoisotopic (exact) mass is 366 g/mol. The fraction of sp³-hybridized carbons (Fsp3) is 0.294. The van der Waals surface area contributed by atoms with Crippen molar-refractivity contribution in [1.82, 2.24) is 0 Å². The molecular formula is C17H18O7S. The number of ether oxygens (including phenoxy) is 4. The van der Waals surface area contributed by atoms with Crippen molar-refractivity contribution in [2.45, 2.75) is 11.3 Å². The van der Waals surface area contributed by atoms with E-state index in [1.165, 1.54) is 38.5 Å². The Balaban J connectivity index is 1.91. The zero-order chi connectivity index (χ0) is 17.9. The van der Waals surface area contributed by atoms with Crippen molar-refractivity contribution in [1.29, 1.82) is 0 Å². The molecule has 2 aromatic carbocycles. The SMILES string of the molecule is COc1cc(OC)cc(OS(=O)(=O)c2ccc3c(c2)OCCCO3)c1. The minimum atomic E-state index is -4.06. The minimum absolute atomic E-state index is 0.0291. The van der Waals surface area contributed by atoms with Gasteiger partial charge in [-0.05, 0) is 12.1 Å². The van der Waals surface area contributed by atoms with Crippen LogP contribution >= 0.6 is 0 Å². The predicted octanol–water partition coefficient (Wildman–Crippen LogP) is 2.63. The molecule has 0 spiro atoms. The van der Waals surface area contributed by atoms with E-state index in [0.29, 0.717) is 36.2 Å². The van der Waals surface area contributed by atoms with Crippen molar-refractivity contribution in [3.8, 4) is 28.7 Å². The zero-order valence-corrected chi connectivity index (χ0v) is 14.7. The topological polar surface area (TPSA) is 80.3 Å². The van der Waals surface area contributed by atoms with Crippen LogP contribution in [0.1, 0.15) is 6.42 Å². The summed E-state index contributed by atoms with van der Waals surface area (Å²) in [4.78, 5) is -0.0291. The first-order chi connectivity index (χ1) is 12.0. The summed E-state index contributed by atoms with van der Waals surface area (Å²) in [5.41, 5.74) is 0. The smallest absolute Gasteiger partial charge is 0.339 e. The molecule has 0 N–H and O–H groups in total. The number of rotatable bonds is 5. The summed E-state index contributed by atoms with van der Waals surface area (Å²) in [6.07, 6.45) is 0.733. The van der Waals surface area contributed by atoms with Gasteiger partial charge < -0.3 is 23.1 Å². The van der Waals surface area contributed by atoms with Gasteiger partial charge in [-0.15, -0.1) is 0 Å². The maximum Gasteiger partial charge on any atom is 0.339 e. The Morgan fingerprint density at radius 2 is 1.44 bits per heavy atom. The van der Waals surface area contributed by atoms with Crippen LogP contribution < -0.4 is 23.1 Å². The average molecular weight is 366 g/mol. The molecule has 3 rings (SSSR count). The highest BCUT2D eigenvalue weighted by atomic mass is 32.2. The summed E-state index contributed by atoms with van der Waals surface area (Å²) < 4.78 is 51.6. The first kappa shape index (κ1) is 17.2. The number of methoxy groups -OCH3 is 2. The van der Waals surface area contributed by atoms with Crippen LogP contribution in [0.4, 0.5) is 0 Å². The molecule has 0 unspecified atom stereocenters. The van der Waals surface area contributed by atoms with Gasteiger partial charge in [0.25, 0.3) is 0 Å². The fourth-order valence-electron chi connectivity index (χ4n) is 2.30. The Morgan fingerprint density at radius 3 is 2.08 bits per heavy atom. The lowest BCUT2D eigenvalue weighted by atomic mass is 10.3. The van der Waals surface area contributed by atoms with Crippen LogP contribution in [0.3, 0.4) is 0 Å². The molecule has 8 heteroatoms. The first-order valence-electron chi connectivity index (χ1n) is 7.59. The molecule has 0 amide bonds. The molecule has 1 aliphatic rings. The van der Waals surface area contributed by atoms with Crippen molar-refractivity contribution in [3.05, 3.63) is 36.4 Å². The van der Waals surface area contributed by atoms with Crippen molar-refractivity contribution < 1.29 is 31.5 Å². The molecule has 0 fully saturated rings. The Hall–Kier alpha value is -2.61. The van der Waals surface area contributed by atoms with E-state index in [0.717, 1.165) is 6.42 Å². The minimum Gasteiger partial charge on any atom is -0.496 e. The molecule has 0 aliphatic carbocycles. The molecule has 134 valence electrons. The summed E-state index contributed by atoms with van der Waals surface area (Å²) in [5, 5.41) is 0. The van der Waals surface area contributed by atoms with Crippen LogP contribution in [-0.2, 0) is 10.1 Å². The summed E-state index contributed by atoms with van der Waals surface area (Å²) in [5.74, 6) is 1.82. The third-order valence-corrected chi connectivity index (χ3v) is 4.78. The maximum absolute atomic E-state index is 12.6. The standard InChI is InChI=1S/C17H18O7S/c1-20-12-8-13(21-2)10-14(9-12)24-25(18,19)15-4-5-16-17(11-15)23-7-3-6-22-16/h4-5,8-11H,3,6-7H2,1-2H3. The number of fused-ring (bicyclic) bond motifs is 1. The van der Waals surface area contributed by atoms with Gasteiger partial charge in [0, 0.05) is 30.7 Å². The van der Waals surface area contributed by atoms with E-state index in [-0.39, 0.29) is 10.6 Å². The molecule has 1 heterocycles. The van der Waals surface area contributed by atoms with Crippen molar-refractivity contribution in [2.75, 3.05) is 27.4 Å². The lowest BCUT2D eigenvalue weighted by Crippen LogP contribution is -2.10. The van der Waals surface area contributed by atoms with Gasteiger partial charge >= 0.3 is 10.1 Å². The fourth-order valence-corrected chi connectivity index (χ4v) is 3.24. The quantitative estimate of drug-likeness (QED) is 0.753. The first-order valence-corrected chi connectivity index (χ1v) is 9.00. The van der Waals surface area contributed by atoms with Gasteiger partial charge in [0.05, 0.1) is 27.4 Å². The van der Waals surface area contributed by atoms with E-state index >= 15 is 0 Å². The Labute approximate surface area is 146 Å². The third-order valence-electron chi connectivity index (χ3n) is 3.54. The highest BCUT2D eigenvalue weighted by Gasteiger charge is 2.21. The molecule has 0 saturated carbocycles. The molecular weight excluding hydrogens is 348 g/mol. The largest absolute Gasteiger partial charge is 0.496 e. The number of hydrogen-bond donors (Lipinski definition) is 0. The van der Waals surface area contributed by atoms with Crippen LogP contribution in [0.15, 0.2) is 41.3 Å². The zero-order valence-electron chi connectivity index (χ0n) is 13.9. The summed E-state index contributed by atoms with van der Waals surface area (Å²) >= 11 is 0. The molecule has 0 radical (unpaired) electrons. The second-order valence-electron chi connectivity index (χ2n) is 5.24. The van der Waals surface area contributed by atoms with Gasteiger partial charge in [-0.3, -0.25) is 0 Å². The second-order valence-corrected chi connectivity index (χ2v) is 6.79. The molecule has 2 aromatic rings. The molecule has 0 atom stereocenters.